The van der Waals surface area contributed by atoms with Gasteiger partial charge in [0.15, 0.2) is 5.75 Å². The van der Waals surface area contributed by atoms with Gasteiger partial charge in [-0.1, -0.05) is 84.4 Å². The Kier molecular flexibility index (Phi) is 6.12. The largest absolute Gasteiger partial charge is 0.502 e. The van der Waals surface area contributed by atoms with Crippen LogP contribution in [0.1, 0.15) is 35.7 Å². The van der Waals surface area contributed by atoms with E-state index < -0.39 is 16.6 Å². The Labute approximate surface area is 207 Å². The van der Waals surface area contributed by atoms with Crippen LogP contribution in [0.2, 0.25) is 5.02 Å². The number of anilines is 2. The first kappa shape index (κ1) is 22.8. The number of nitrogens with one attached hydrogen (secondary N) is 2. The summed E-state index contributed by atoms with van der Waals surface area (Å²) in [7, 11) is 0. The van der Waals surface area contributed by atoms with Crippen LogP contribution in [0.25, 0.3) is 10.8 Å². The minimum atomic E-state index is -0.873. The molecule has 0 radical (unpaired) electrons. The van der Waals surface area contributed by atoms with E-state index in [4.69, 9.17) is 11.6 Å². The monoisotopic (exact) mass is 482 g/mol. The number of halogens is 1. The Hall–Kier alpha value is -3.93. The topological polar surface area (TPSA) is 78.4 Å². The van der Waals surface area contributed by atoms with Crippen LogP contribution in [0.5, 0.6) is 5.75 Å². The molecule has 0 bridgehead atoms. The fourth-order valence-corrected chi connectivity index (χ4v) is 4.61. The lowest BCUT2D eigenvalue weighted by Crippen LogP contribution is -2.33. The smallest absolute Gasteiger partial charge is 0.271 e. The number of aromatic hydroxyl groups is 1. The van der Waals surface area contributed by atoms with Crippen LogP contribution in [0.3, 0.4) is 0 Å². The molecule has 5 aromatic carbocycles. The SMILES string of the molecule is C[C@@H](NC(c1ccc(Cl)cc1)c1ccccc1Nc1c(O)c(=O)c1=O)c1cccc2ccccc12. The van der Waals surface area contributed by atoms with E-state index in [9.17, 15) is 14.7 Å². The van der Waals surface area contributed by atoms with Gasteiger partial charge >= 0.3 is 0 Å². The Morgan fingerprint density at radius 2 is 1.43 bits per heavy atom. The molecule has 5 nitrogen and oxygen atoms in total. The van der Waals surface area contributed by atoms with Gasteiger partial charge in [0, 0.05) is 16.8 Å². The zero-order valence-electron chi connectivity index (χ0n) is 19.0. The number of rotatable bonds is 7. The molecular formula is C29H23ClN2O3. The maximum atomic E-state index is 12.0. The molecule has 6 heteroatoms. The van der Waals surface area contributed by atoms with Gasteiger partial charge in [0.25, 0.3) is 10.9 Å². The molecule has 0 aliphatic heterocycles. The van der Waals surface area contributed by atoms with Crippen molar-refractivity contribution >= 4 is 33.7 Å². The van der Waals surface area contributed by atoms with Crippen molar-refractivity contribution in [1.29, 1.82) is 0 Å². The number of hydrogen-bond donors (Lipinski definition) is 3. The summed E-state index contributed by atoms with van der Waals surface area (Å²) < 4.78 is 0. The molecule has 2 atom stereocenters. The number of fused-ring (bicyclic) bond motifs is 1. The van der Waals surface area contributed by atoms with E-state index in [-0.39, 0.29) is 17.8 Å². The number of hydrogen-bond acceptors (Lipinski definition) is 5. The maximum absolute atomic E-state index is 12.0. The van der Waals surface area contributed by atoms with Crippen molar-refractivity contribution in [3.63, 3.8) is 0 Å². The Balaban J connectivity index is 1.57. The average molecular weight is 483 g/mol. The zero-order chi connectivity index (χ0) is 24.5. The van der Waals surface area contributed by atoms with Gasteiger partial charge in [0.2, 0.25) is 0 Å². The summed E-state index contributed by atoms with van der Waals surface area (Å²) in [5.74, 6) is -0.537. The molecule has 5 aromatic rings. The highest BCUT2D eigenvalue weighted by atomic mass is 35.5. The van der Waals surface area contributed by atoms with E-state index in [1.54, 1.807) is 0 Å². The van der Waals surface area contributed by atoms with Crippen LogP contribution in [0.15, 0.2) is 101 Å². The predicted molar refractivity (Wildman–Crippen MR) is 142 cm³/mol. The lowest BCUT2D eigenvalue weighted by molar-refractivity contribution is 0.466. The second kappa shape index (κ2) is 9.37. The van der Waals surface area contributed by atoms with E-state index >= 15 is 0 Å². The van der Waals surface area contributed by atoms with Gasteiger partial charge in [-0.2, -0.15) is 0 Å². The summed E-state index contributed by atoms with van der Waals surface area (Å²) in [5.41, 5.74) is 1.93. The molecule has 0 aliphatic rings. The fourth-order valence-electron chi connectivity index (χ4n) is 4.48. The van der Waals surface area contributed by atoms with E-state index in [2.05, 4.69) is 47.9 Å². The molecular weight excluding hydrogens is 460 g/mol. The fraction of sp³-hybridized carbons (Fsp3) is 0.103. The van der Waals surface area contributed by atoms with Crippen molar-refractivity contribution in [2.45, 2.75) is 19.0 Å². The lowest BCUT2D eigenvalue weighted by Gasteiger charge is -2.27. The van der Waals surface area contributed by atoms with Crippen molar-refractivity contribution < 1.29 is 5.11 Å². The first-order valence-corrected chi connectivity index (χ1v) is 11.7. The molecule has 0 spiro atoms. The molecule has 1 unspecified atom stereocenters. The minimum Gasteiger partial charge on any atom is -0.502 e. The van der Waals surface area contributed by atoms with Crippen molar-refractivity contribution in [1.82, 2.24) is 5.32 Å². The third-order valence-corrected chi connectivity index (χ3v) is 6.58. The van der Waals surface area contributed by atoms with Crippen LogP contribution in [0.4, 0.5) is 11.4 Å². The third kappa shape index (κ3) is 4.32. The highest BCUT2D eigenvalue weighted by Gasteiger charge is 2.24. The zero-order valence-corrected chi connectivity index (χ0v) is 19.7. The van der Waals surface area contributed by atoms with Gasteiger partial charge in [-0.25, -0.2) is 0 Å². The van der Waals surface area contributed by atoms with Crippen LogP contribution in [-0.4, -0.2) is 5.11 Å². The van der Waals surface area contributed by atoms with E-state index in [1.807, 2.05) is 60.7 Å². The molecule has 174 valence electrons. The summed E-state index contributed by atoms with van der Waals surface area (Å²) >= 11 is 6.17. The first-order chi connectivity index (χ1) is 16.9. The maximum Gasteiger partial charge on any atom is 0.271 e. The highest BCUT2D eigenvalue weighted by Crippen LogP contribution is 2.35. The van der Waals surface area contributed by atoms with Gasteiger partial charge in [0.05, 0.1) is 6.04 Å². The van der Waals surface area contributed by atoms with E-state index in [0.717, 1.165) is 16.7 Å². The molecule has 0 amide bonds. The van der Waals surface area contributed by atoms with Crippen LogP contribution in [-0.2, 0) is 0 Å². The molecule has 0 heterocycles. The van der Waals surface area contributed by atoms with Crippen LogP contribution < -0.4 is 21.5 Å². The lowest BCUT2D eigenvalue weighted by atomic mass is 9.93. The van der Waals surface area contributed by atoms with Crippen molar-refractivity contribution in [2.24, 2.45) is 0 Å². The van der Waals surface area contributed by atoms with Gasteiger partial charge in [-0.3, -0.25) is 14.9 Å². The van der Waals surface area contributed by atoms with Crippen LogP contribution in [0, 0.1) is 0 Å². The molecule has 0 saturated heterocycles. The molecule has 0 fully saturated rings. The molecule has 35 heavy (non-hydrogen) atoms. The minimum absolute atomic E-state index is 0.0330. The summed E-state index contributed by atoms with van der Waals surface area (Å²) in [6.45, 7) is 2.11. The number of para-hydroxylation sites is 1. The predicted octanol–water partition coefficient (Wildman–Crippen LogP) is 5.98. The number of benzene rings is 4. The summed E-state index contributed by atoms with van der Waals surface area (Å²) in [4.78, 5) is 23.5. The standard InChI is InChI=1S/C29H23ClN2O3/c1-17(21-11-6-8-18-7-2-3-9-22(18)21)31-25(19-13-15-20(30)16-14-19)23-10-4-5-12-24(23)32-26-27(33)29(35)28(26)34/h2-17,25,31-33H,1H3/t17-,25?/m1/s1. The van der Waals surface area contributed by atoms with Gasteiger partial charge in [0.1, 0.15) is 5.69 Å². The normalized spacial score (nSPS) is 13.1. The molecule has 5 rings (SSSR count). The molecule has 0 aromatic heterocycles. The Morgan fingerprint density at radius 3 is 2.20 bits per heavy atom. The van der Waals surface area contributed by atoms with Gasteiger partial charge < -0.3 is 10.4 Å². The second-order valence-corrected chi connectivity index (χ2v) is 8.97. The summed E-state index contributed by atoms with van der Waals surface area (Å²) in [6, 6.07) is 29.3. The van der Waals surface area contributed by atoms with Gasteiger partial charge in [-0.15, -0.1) is 0 Å². The molecule has 0 saturated carbocycles. The van der Waals surface area contributed by atoms with Gasteiger partial charge in [-0.05, 0) is 52.6 Å². The second-order valence-electron chi connectivity index (χ2n) is 8.54. The quantitative estimate of drug-likeness (QED) is 0.249. The van der Waals surface area contributed by atoms with Crippen LogP contribution >= 0.6 is 11.6 Å². The molecule has 0 aliphatic carbocycles. The Morgan fingerprint density at radius 1 is 0.771 bits per heavy atom. The van der Waals surface area contributed by atoms with Crippen molar-refractivity contribution in [2.75, 3.05) is 5.32 Å². The summed E-state index contributed by atoms with van der Waals surface area (Å²) in [6.07, 6.45) is 0. The van der Waals surface area contributed by atoms with E-state index in [1.165, 1.54) is 10.8 Å². The Bertz CT molecular complexity index is 1580. The third-order valence-electron chi connectivity index (χ3n) is 6.33. The van der Waals surface area contributed by atoms with Crippen molar-refractivity contribution in [3.05, 3.63) is 133 Å². The first-order valence-electron chi connectivity index (χ1n) is 11.3. The average Bonchev–Trinajstić information content (AvgIpc) is 2.90. The highest BCUT2D eigenvalue weighted by molar-refractivity contribution is 6.30. The van der Waals surface area contributed by atoms with Crippen molar-refractivity contribution in [3.8, 4) is 5.75 Å². The summed E-state index contributed by atoms with van der Waals surface area (Å²) in [5, 5.41) is 19.6. The van der Waals surface area contributed by atoms with E-state index in [0.29, 0.717) is 10.7 Å². The molecule has 3 N–H and O–H groups in total.